The van der Waals surface area contributed by atoms with Crippen LogP contribution in [0.2, 0.25) is 0 Å². The van der Waals surface area contributed by atoms with E-state index in [0.717, 1.165) is 22.3 Å². The second kappa shape index (κ2) is 9.38. The molecule has 4 rings (SSSR count). The van der Waals surface area contributed by atoms with E-state index < -0.39 is 15.3 Å². The average molecular weight is 481 g/mol. The number of benzene rings is 3. The molecule has 0 bridgehead atoms. The quantitative estimate of drug-likeness (QED) is 0.379. The highest BCUT2D eigenvalue weighted by Crippen LogP contribution is 2.31. The number of carbonyl (C=O) groups excluding carboxylic acids is 1. The number of amides is 1. The number of aromatic nitrogens is 2. The number of aryl methyl sites for hydroxylation is 1. The zero-order valence-corrected chi connectivity index (χ0v) is 19.9. The van der Waals surface area contributed by atoms with Gasteiger partial charge in [-0.15, -0.1) is 0 Å². The van der Waals surface area contributed by atoms with Crippen LogP contribution in [0, 0.1) is 0 Å². The van der Waals surface area contributed by atoms with Crippen molar-refractivity contribution in [3.63, 3.8) is 0 Å². The van der Waals surface area contributed by atoms with Crippen molar-refractivity contribution >= 4 is 44.4 Å². The number of imidazole rings is 1. The Bertz CT molecular complexity index is 1420. The van der Waals surface area contributed by atoms with E-state index in [1.807, 2.05) is 73.0 Å². The molecule has 3 aromatic carbocycles. The van der Waals surface area contributed by atoms with Crippen LogP contribution < -0.4 is 10.5 Å². The van der Waals surface area contributed by atoms with Gasteiger partial charge in [-0.3, -0.25) is 4.79 Å². The molecule has 3 N–H and O–H groups in total. The number of fused-ring (bicyclic) bond motifs is 1. The molecule has 0 saturated carbocycles. The molecule has 0 radical (unpaired) electrons. The zero-order chi connectivity index (χ0) is 23.6. The third-order valence-corrected chi connectivity index (χ3v) is 7.25. The van der Waals surface area contributed by atoms with E-state index in [0.29, 0.717) is 17.2 Å². The topological polar surface area (TPSA) is 107 Å². The van der Waals surface area contributed by atoms with Crippen molar-refractivity contribution in [3.8, 4) is 11.1 Å². The molecule has 4 aromatic rings. The normalized spacial score (nSPS) is 12.6. The van der Waals surface area contributed by atoms with Gasteiger partial charge in [0, 0.05) is 17.8 Å². The summed E-state index contributed by atoms with van der Waals surface area (Å²) in [6.45, 7) is 4.42. The Hall–Kier alpha value is -3.14. The summed E-state index contributed by atoms with van der Waals surface area (Å²) in [6.07, 6.45) is 0. The highest BCUT2D eigenvalue weighted by molar-refractivity contribution is 8.00. The summed E-state index contributed by atoms with van der Waals surface area (Å²) >= 11 is 1.32. The fraction of sp³-hybridized carbons (Fsp3) is 0.167. The van der Waals surface area contributed by atoms with Crippen LogP contribution in [0.3, 0.4) is 0 Å². The lowest BCUT2D eigenvalue weighted by Crippen LogP contribution is -2.23. The Kier molecular flexibility index (Phi) is 6.55. The molecule has 0 aliphatic carbocycles. The van der Waals surface area contributed by atoms with E-state index in [4.69, 9.17) is 5.14 Å². The van der Waals surface area contributed by atoms with Crippen LogP contribution in [0.25, 0.3) is 22.2 Å². The minimum Gasteiger partial charge on any atom is -0.325 e. The summed E-state index contributed by atoms with van der Waals surface area (Å²) in [5.74, 6) is -0.150. The fourth-order valence-corrected chi connectivity index (χ4v) is 5.09. The molecule has 1 heterocycles. The number of nitrogens with zero attached hydrogens (tertiary/aromatic N) is 2. The Labute approximate surface area is 197 Å². The molecule has 1 atom stereocenters. The van der Waals surface area contributed by atoms with Crippen LogP contribution in [0.1, 0.15) is 13.8 Å². The van der Waals surface area contributed by atoms with Crippen LogP contribution in [-0.2, 0) is 21.4 Å². The number of para-hydroxylation sites is 1. The van der Waals surface area contributed by atoms with Gasteiger partial charge < -0.3 is 9.88 Å². The van der Waals surface area contributed by atoms with Gasteiger partial charge in [0.25, 0.3) is 0 Å². The van der Waals surface area contributed by atoms with Crippen LogP contribution in [0.15, 0.2) is 82.8 Å². The van der Waals surface area contributed by atoms with Crippen molar-refractivity contribution in [2.45, 2.75) is 35.7 Å². The molecule has 1 amide bonds. The Morgan fingerprint density at radius 1 is 1.09 bits per heavy atom. The van der Waals surface area contributed by atoms with Gasteiger partial charge in [0.15, 0.2) is 5.16 Å². The van der Waals surface area contributed by atoms with Gasteiger partial charge in [0.1, 0.15) is 0 Å². The van der Waals surface area contributed by atoms with Crippen LogP contribution in [0.5, 0.6) is 0 Å². The second-order valence-corrected chi connectivity index (χ2v) is 10.4. The minimum absolute atomic E-state index is 0.00983. The first-order valence-electron chi connectivity index (χ1n) is 10.4. The van der Waals surface area contributed by atoms with Gasteiger partial charge in [-0.05, 0) is 43.7 Å². The molecule has 0 unspecified atom stereocenters. The fourth-order valence-electron chi connectivity index (χ4n) is 3.57. The summed E-state index contributed by atoms with van der Waals surface area (Å²) in [5.41, 5.74) is 4.01. The van der Waals surface area contributed by atoms with E-state index >= 15 is 0 Å². The smallest absolute Gasteiger partial charge is 0.238 e. The second-order valence-electron chi connectivity index (χ2n) is 7.50. The SMILES string of the molecule is CCn1c(S[C@@H](C)C(=O)Nc2ccccc2-c2ccccc2)nc2cc(S(N)(=O)=O)ccc21. The van der Waals surface area contributed by atoms with Gasteiger partial charge in [-0.2, -0.15) is 0 Å². The van der Waals surface area contributed by atoms with E-state index in [1.54, 1.807) is 6.07 Å². The molecular formula is C24H24N4O3S2. The first-order chi connectivity index (χ1) is 15.8. The molecular weight excluding hydrogens is 456 g/mol. The number of nitrogens with two attached hydrogens (primary N) is 1. The number of carbonyl (C=O) groups is 1. The summed E-state index contributed by atoms with van der Waals surface area (Å²) in [7, 11) is -3.82. The number of nitrogens with one attached hydrogen (secondary N) is 1. The van der Waals surface area contributed by atoms with Crippen molar-refractivity contribution in [2.24, 2.45) is 5.14 Å². The lowest BCUT2D eigenvalue weighted by molar-refractivity contribution is -0.115. The number of hydrogen-bond acceptors (Lipinski definition) is 5. The average Bonchev–Trinajstić information content (AvgIpc) is 3.15. The number of thioether (sulfide) groups is 1. The summed E-state index contributed by atoms with van der Waals surface area (Å²) in [4.78, 5) is 17.6. The Balaban J connectivity index is 1.58. The standard InChI is InChI=1S/C24H24N4O3S2/c1-3-28-22-14-13-18(33(25,30)31)15-21(22)27-24(28)32-16(2)23(29)26-20-12-8-7-11-19(20)17-9-5-4-6-10-17/h4-16H,3H2,1-2H3,(H,26,29)(H2,25,30,31)/t16-/m0/s1. The number of anilines is 1. The molecule has 0 aliphatic rings. The van der Waals surface area contributed by atoms with Crippen molar-refractivity contribution in [1.29, 1.82) is 0 Å². The van der Waals surface area contributed by atoms with Crippen LogP contribution >= 0.6 is 11.8 Å². The number of rotatable bonds is 7. The lowest BCUT2D eigenvalue weighted by atomic mass is 10.0. The molecule has 7 nitrogen and oxygen atoms in total. The van der Waals surface area contributed by atoms with Crippen molar-refractivity contribution in [1.82, 2.24) is 9.55 Å². The maximum absolute atomic E-state index is 13.0. The lowest BCUT2D eigenvalue weighted by Gasteiger charge is -2.15. The first kappa shape index (κ1) is 23.0. The Morgan fingerprint density at radius 2 is 1.79 bits per heavy atom. The van der Waals surface area contributed by atoms with E-state index in [1.165, 1.54) is 23.9 Å². The van der Waals surface area contributed by atoms with Gasteiger partial charge in [-0.25, -0.2) is 18.5 Å². The van der Waals surface area contributed by atoms with Crippen LogP contribution in [-0.4, -0.2) is 29.1 Å². The summed E-state index contributed by atoms with van der Waals surface area (Å²) in [6, 6.07) is 22.2. The van der Waals surface area contributed by atoms with Gasteiger partial charge in [0.05, 0.1) is 21.2 Å². The largest absolute Gasteiger partial charge is 0.325 e. The predicted octanol–water partition coefficient (Wildman–Crippen LogP) is 4.49. The number of sulfonamides is 1. The highest BCUT2D eigenvalue weighted by atomic mass is 32.2. The molecule has 0 saturated heterocycles. The van der Waals surface area contributed by atoms with Crippen molar-refractivity contribution < 1.29 is 13.2 Å². The maximum Gasteiger partial charge on any atom is 0.238 e. The summed E-state index contributed by atoms with van der Waals surface area (Å²) < 4.78 is 25.3. The van der Waals surface area contributed by atoms with Crippen LogP contribution in [0.4, 0.5) is 5.69 Å². The van der Waals surface area contributed by atoms with Crippen molar-refractivity contribution in [3.05, 3.63) is 72.8 Å². The first-order valence-corrected chi connectivity index (χ1v) is 12.9. The van der Waals surface area contributed by atoms with Gasteiger partial charge in [0.2, 0.25) is 15.9 Å². The van der Waals surface area contributed by atoms with Gasteiger partial charge >= 0.3 is 0 Å². The third-order valence-electron chi connectivity index (χ3n) is 5.25. The molecule has 0 fully saturated rings. The number of primary sulfonamides is 1. The monoisotopic (exact) mass is 480 g/mol. The zero-order valence-electron chi connectivity index (χ0n) is 18.2. The molecule has 9 heteroatoms. The van der Waals surface area contributed by atoms with E-state index in [9.17, 15) is 13.2 Å². The molecule has 0 aliphatic heterocycles. The molecule has 33 heavy (non-hydrogen) atoms. The predicted molar refractivity (Wildman–Crippen MR) is 133 cm³/mol. The molecule has 1 aromatic heterocycles. The molecule has 0 spiro atoms. The number of hydrogen-bond donors (Lipinski definition) is 2. The van der Waals surface area contributed by atoms with Crippen molar-refractivity contribution in [2.75, 3.05) is 5.32 Å². The summed E-state index contributed by atoms with van der Waals surface area (Å²) in [5, 5.41) is 8.49. The Morgan fingerprint density at radius 3 is 2.48 bits per heavy atom. The van der Waals surface area contributed by atoms with E-state index in [2.05, 4.69) is 10.3 Å². The van der Waals surface area contributed by atoms with E-state index in [-0.39, 0.29) is 10.8 Å². The third kappa shape index (κ3) is 4.95. The maximum atomic E-state index is 13.0. The van der Waals surface area contributed by atoms with Gasteiger partial charge in [-0.1, -0.05) is 60.3 Å². The molecule has 170 valence electrons. The highest BCUT2D eigenvalue weighted by Gasteiger charge is 2.21. The minimum atomic E-state index is -3.82.